The van der Waals surface area contributed by atoms with Crippen LogP contribution in [0.25, 0.3) is 0 Å². The lowest BCUT2D eigenvalue weighted by molar-refractivity contribution is -0.143. The smallest absolute Gasteiger partial charge is 0.305 e. The van der Waals surface area contributed by atoms with E-state index >= 15 is 0 Å². The Hall–Kier alpha value is 0.200. The van der Waals surface area contributed by atoms with Crippen molar-refractivity contribution in [2.24, 2.45) is 5.92 Å². The summed E-state index contributed by atoms with van der Waals surface area (Å²) in [5, 5.41) is 0. The maximum atomic E-state index is 11.0. The van der Waals surface area contributed by atoms with Gasteiger partial charge in [0.05, 0.1) is 6.61 Å². The van der Waals surface area contributed by atoms with E-state index in [4.69, 9.17) is 4.74 Å². The number of hydrogen-bond acceptors (Lipinski definition) is 2. The summed E-state index contributed by atoms with van der Waals surface area (Å²) >= 11 is 2.44. The Labute approximate surface area is 101 Å². The van der Waals surface area contributed by atoms with Crippen molar-refractivity contribution in [3.63, 3.8) is 0 Å². The molecule has 0 aliphatic heterocycles. The molecule has 0 radical (unpaired) electrons. The summed E-state index contributed by atoms with van der Waals surface area (Å²) in [5.74, 6) is 0.785. The van der Waals surface area contributed by atoms with E-state index in [1.54, 1.807) is 0 Å². The van der Waals surface area contributed by atoms with Crippen molar-refractivity contribution in [1.29, 1.82) is 0 Å². The van der Waals surface area contributed by atoms with Crippen LogP contribution < -0.4 is 0 Å². The van der Waals surface area contributed by atoms with Gasteiger partial charge in [-0.15, -0.1) is 0 Å². The Morgan fingerprint density at radius 2 is 2.07 bits per heavy atom. The molecule has 14 heavy (non-hydrogen) atoms. The van der Waals surface area contributed by atoms with E-state index < -0.39 is 0 Å². The van der Waals surface area contributed by atoms with E-state index in [1.807, 2.05) is 6.92 Å². The molecule has 0 aliphatic carbocycles. The van der Waals surface area contributed by atoms with Crippen LogP contribution in [0.3, 0.4) is 0 Å². The molecule has 0 saturated heterocycles. The van der Waals surface area contributed by atoms with Gasteiger partial charge in [0.2, 0.25) is 0 Å². The fraction of sp³-hybridized carbons (Fsp3) is 0.909. The van der Waals surface area contributed by atoms with Crippen LogP contribution in [0.5, 0.6) is 0 Å². The minimum absolute atomic E-state index is 0.0463. The average molecular weight is 312 g/mol. The van der Waals surface area contributed by atoms with Crippen molar-refractivity contribution in [2.75, 3.05) is 11.0 Å². The molecule has 0 fully saturated rings. The number of ether oxygens (including phenoxy) is 1. The predicted molar refractivity (Wildman–Crippen MR) is 67.8 cm³/mol. The molecule has 0 rings (SSSR count). The van der Waals surface area contributed by atoms with Crippen LogP contribution in [0.15, 0.2) is 0 Å². The predicted octanol–water partition coefficient (Wildman–Crippen LogP) is 3.57. The van der Waals surface area contributed by atoms with E-state index in [0.717, 1.165) is 18.8 Å². The molecule has 0 bridgehead atoms. The van der Waals surface area contributed by atoms with Crippen molar-refractivity contribution in [3.05, 3.63) is 0 Å². The number of unbranched alkanes of at least 4 members (excludes halogenated alkanes) is 1. The number of carbonyl (C=O) groups excluding carboxylic acids is 1. The molecule has 0 saturated carbocycles. The first-order chi connectivity index (χ1) is 6.74. The lowest BCUT2D eigenvalue weighted by atomic mass is 10.0. The first-order valence-electron chi connectivity index (χ1n) is 5.46. The molecule has 3 heteroatoms. The molecular formula is C11H21IO2. The number of alkyl halides is 1. The maximum absolute atomic E-state index is 11.0. The van der Waals surface area contributed by atoms with Crippen LogP contribution in [-0.2, 0) is 9.53 Å². The lowest BCUT2D eigenvalue weighted by Crippen LogP contribution is -2.04. The molecule has 84 valence electrons. The van der Waals surface area contributed by atoms with Crippen LogP contribution in [0, 0.1) is 5.92 Å². The average Bonchev–Trinajstić information content (AvgIpc) is 2.19. The fourth-order valence-corrected chi connectivity index (χ4v) is 2.39. The number of carbonyl (C=O) groups is 1. The van der Waals surface area contributed by atoms with E-state index in [-0.39, 0.29) is 5.97 Å². The maximum Gasteiger partial charge on any atom is 0.305 e. The molecule has 0 spiro atoms. The molecule has 1 atom stereocenters. The van der Waals surface area contributed by atoms with Gasteiger partial charge in [-0.2, -0.15) is 0 Å². The number of esters is 1. The fourth-order valence-electron chi connectivity index (χ4n) is 1.33. The van der Waals surface area contributed by atoms with E-state index in [1.165, 1.54) is 17.3 Å². The second-order valence-corrected chi connectivity index (χ2v) is 4.36. The Morgan fingerprint density at radius 1 is 1.36 bits per heavy atom. The summed E-state index contributed by atoms with van der Waals surface area (Å²) in [6, 6.07) is 0. The molecule has 1 unspecified atom stereocenters. The highest BCUT2D eigenvalue weighted by molar-refractivity contribution is 14.1. The molecule has 0 heterocycles. The third-order valence-corrected chi connectivity index (χ3v) is 3.59. The molecule has 0 aliphatic rings. The molecule has 0 aromatic rings. The zero-order chi connectivity index (χ0) is 10.8. The zero-order valence-electron chi connectivity index (χ0n) is 9.22. The third-order valence-electron chi connectivity index (χ3n) is 2.34. The summed E-state index contributed by atoms with van der Waals surface area (Å²) in [6.45, 7) is 4.58. The normalized spacial score (nSPS) is 12.5. The zero-order valence-corrected chi connectivity index (χ0v) is 11.4. The van der Waals surface area contributed by atoms with Gasteiger partial charge in [-0.05, 0) is 25.7 Å². The minimum Gasteiger partial charge on any atom is -0.466 e. The summed E-state index contributed by atoms with van der Waals surface area (Å²) in [7, 11) is 0. The first kappa shape index (κ1) is 14.2. The first-order valence-corrected chi connectivity index (χ1v) is 6.98. The summed E-state index contributed by atoms with van der Waals surface area (Å²) in [5.41, 5.74) is 0. The van der Waals surface area contributed by atoms with Crippen molar-refractivity contribution in [2.45, 2.75) is 46.0 Å². The number of hydrogen-bond donors (Lipinski definition) is 0. The topological polar surface area (TPSA) is 26.3 Å². The van der Waals surface area contributed by atoms with Gasteiger partial charge < -0.3 is 4.74 Å². The third kappa shape index (κ3) is 7.59. The van der Waals surface area contributed by atoms with Gasteiger partial charge in [-0.3, -0.25) is 4.79 Å². The van der Waals surface area contributed by atoms with E-state index in [2.05, 4.69) is 29.5 Å². The van der Waals surface area contributed by atoms with Crippen molar-refractivity contribution in [3.8, 4) is 0 Å². The van der Waals surface area contributed by atoms with E-state index in [9.17, 15) is 4.79 Å². The van der Waals surface area contributed by atoms with Gasteiger partial charge in [0, 0.05) is 10.8 Å². The van der Waals surface area contributed by atoms with E-state index in [0.29, 0.717) is 13.0 Å². The molecule has 0 aromatic carbocycles. The van der Waals surface area contributed by atoms with Crippen LogP contribution in [-0.4, -0.2) is 17.0 Å². The van der Waals surface area contributed by atoms with Crippen LogP contribution in [0.1, 0.15) is 46.0 Å². The molecule has 0 amide bonds. The van der Waals surface area contributed by atoms with Gasteiger partial charge >= 0.3 is 5.97 Å². The van der Waals surface area contributed by atoms with Gasteiger partial charge in [0.1, 0.15) is 0 Å². The van der Waals surface area contributed by atoms with Crippen molar-refractivity contribution >= 4 is 28.6 Å². The highest BCUT2D eigenvalue weighted by Gasteiger charge is 2.05. The van der Waals surface area contributed by atoms with Crippen LogP contribution >= 0.6 is 22.6 Å². The number of rotatable bonds is 8. The summed E-state index contributed by atoms with van der Waals surface area (Å²) < 4.78 is 6.09. The summed E-state index contributed by atoms with van der Waals surface area (Å²) in [6.07, 6.45) is 5.22. The van der Waals surface area contributed by atoms with Crippen molar-refractivity contribution in [1.82, 2.24) is 0 Å². The standard InChI is InChI=1S/C11H21IO2/c1-3-10(9-12)7-5-6-8-11(13)14-4-2/h10H,3-9H2,1-2H3. The second kappa shape index (κ2) is 9.74. The Kier molecular flexibility index (Phi) is 9.88. The lowest BCUT2D eigenvalue weighted by Gasteiger charge is -2.10. The van der Waals surface area contributed by atoms with Gasteiger partial charge in [0.15, 0.2) is 0 Å². The second-order valence-electron chi connectivity index (χ2n) is 3.48. The molecular weight excluding hydrogens is 291 g/mol. The summed E-state index contributed by atoms with van der Waals surface area (Å²) in [4.78, 5) is 11.0. The van der Waals surface area contributed by atoms with Crippen molar-refractivity contribution < 1.29 is 9.53 Å². The quantitative estimate of drug-likeness (QED) is 0.296. The number of halogens is 1. The van der Waals surface area contributed by atoms with Gasteiger partial charge in [-0.1, -0.05) is 42.4 Å². The molecule has 2 nitrogen and oxygen atoms in total. The van der Waals surface area contributed by atoms with Crippen LogP contribution in [0.2, 0.25) is 0 Å². The largest absolute Gasteiger partial charge is 0.466 e. The SMILES string of the molecule is CCOC(=O)CCCCC(CC)CI. The highest BCUT2D eigenvalue weighted by Crippen LogP contribution is 2.15. The Bertz CT molecular complexity index is 144. The van der Waals surface area contributed by atoms with Gasteiger partial charge in [0.25, 0.3) is 0 Å². The molecule has 0 aromatic heterocycles. The minimum atomic E-state index is -0.0463. The van der Waals surface area contributed by atoms with Crippen LogP contribution in [0.4, 0.5) is 0 Å². The Balaban J connectivity index is 3.32. The molecule has 0 N–H and O–H groups in total. The van der Waals surface area contributed by atoms with Gasteiger partial charge in [-0.25, -0.2) is 0 Å². The monoisotopic (exact) mass is 312 g/mol. The highest BCUT2D eigenvalue weighted by atomic mass is 127. The Morgan fingerprint density at radius 3 is 2.57 bits per heavy atom.